The summed E-state index contributed by atoms with van der Waals surface area (Å²) >= 11 is 0. The van der Waals surface area contributed by atoms with Gasteiger partial charge in [0.15, 0.2) is 0 Å². The second kappa shape index (κ2) is 9.94. The average molecular weight is 435 g/mol. The standard InChI is InChI=1S/C31H43F/c1-18-19(2)21(4)29(22(5)20(18)3)17-30-23(6)25(8)31(26(9)24(30)7)28-14-12-27(13-15-28)11-10-16-32/h10,16,27-28H,11-15,17H2,1-9H3/b16-10+. The second-order valence-electron chi connectivity index (χ2n) is 10.5. The second-order valence-corrected chi connectivity index (χ2v) is 10.5. The fraction of sp³-hybridized carbons (Fsp3) is 0.548. The van der Waals surface area contributed by atoms with E-state index in [4.69, 9.17) is 0 Å². The molecule has 2 aromatic carbocycles. The maximum Gasteiger partial charge on any atom is 0.0827 e. The van der Waals surface area contributed by atoms with Crippen molar-refractivity contribution in [3.8, 4) is 0 Å². The number of hydrogen-bond acceptors (Lipinski definition) is 0. The van der Waals surface area contributed by atoms with Crippen LogP contribution in [-0.4, -0.2) is 0 Å². The molecule has 1 fully saturated rings. The molecule has 0 bridgehead atoms. The Labute approximate surface area is 196 Å². The van der Waals surface area contributed by atoms with Crippen molar-refractivity contribution in [2.24, 2.45) is 5.92 Å². The molecule has 0 aromatic heterocycles. The Kier molecular flexibility index (Phi) is 7.69. The Morgan fingerprint density at radius 3 is 1.44 bits per heavy atom. The Balaban J connectivity index is 1.97. The Bertz CT molecular complexity index is 971. The maximum atomic E-state index is 12.4. The largest absolute Gasteiger partial charge is 0.216 e. The minimum Gasteiger partial charge on any atom is -0.216 e. The molecule has 0 nitrogen and oxygen atoms in total. The molecule has 1 heteroatoms. The van der Waals surface area contributed by atoms with Crippen molar-refractivity contribution in [3.05, 3.63) is 79.2 Å². The summed E-state index contributed by atoms with van der Waals surface area (Å²) in [7, 11) is 0. The summed E-state index contributed by atoms with van der Waals surface area (Å²) in [5.41, 5.74) is 17.9. The molecule has 0 N–H and O–H groups in total. The lowest BCUT2D eigenvalue weighted by Crippen LogP contribution is -2.17. The molecule has 0 aliphatic heterocycles. The first-order valence-corrected chi connectivity index (χ1v) is 12.5. The molecule has 0 unspecified atom stereocenters. The summed E-state index contributed by atoms with van der Waals surface area (Å²) in [6.07, 6.45) is 9.24. The van der Waals surface area contributed by atoms with Crippen LogP contribution in [0.15, 0.2) is 12.4 Å². The Hall–Kier alpha value is -1.89. The lowest BCUT2D eigenvalue weighted by atomic mass is 9.73. The normalized spacial score (nSPS) is 19.2. The summed E-state index contributed by atoms with van der Waals surface area (Å²) < 4.78 is 12.4. The Morgan fingerprint density at radius 2 is 1.00 bits per heavy atom. The van der Waals surface area contributed by atoms with Gasteiger partial charge in [-0.05, 0) is 179 Å². The van der Waals surface area contributed by atoms with E-state index in [1.807, 2.05) is 0 Å². The van der Waals surface area contributed by atoms with Gasteiger partial charge in [0.2, 0.25) is 0 Å². The summed E-state index contributed by atoms with van der Waals surface area (Å²) in [6, 6.07) is 0. The maximum absolute atomic E-state index is 12.4. The fourth-order valence-corrected chi connectivity index (χ4v) is 6.25. The minimum atomic E-state index is 0.652. The van der Waals surface area contributed by atoms with Crippen LogP contribution in [0.3, 0.4) is 0 Å². The summed E-state index contributed by atoms with van der Waals surface area (Å²) in [5, 5.41) is 0. The smallest absolute Gasteiger partial charge is 0.0827 e. The molecule has 0 saturated heterocycles. The van der Waals surface area contributed by atoms with Crippen molar-refractivity contribution in [1.82, 2.24) is 0 Å². The number of allylic oxidation sites excluding steroid dienone is 1. The summed E-state index contributed by atoms with van der Waals surface area (Å²) in [6.45, 7) is 20.8. The third-order valence-corrected chi connectivity index (χ3v) is 9.16. The highest BCUT2D eigenvalue weighted by molar-refractivity contribution is 5.56. The highest BCUT2D eigenvalue weighted by Crippen LogP contribution is 2.42. The van der Waals surface area contributed by atoms with Crippen LogP contribution < -0.4 is 0 Å². The van der Waals surface area contributed by atoms with Crippen molar-refractivity contribution in [3.63, 3.8) is 0 Å². The van der Waals surface area contributed by atoms with Crippen LogP contribution in [0.4, 0.5) is 4.39 Å². The van der Waals surface area contributed by atoms with Gasteiger partial charge in [0.25, 0.3) is 0 Å². The minimum absolute atomic E-state index is 0.652. The van der Waals surface area contributed by atoms with Gasteiger partial charge in [-0.2, -0.15) is 0 Å². The topological polar surface area (TPSA) is 0 Å². The first kappa shape index (κ1) is 24.7. The molecule has 0 heterocycles. The molecular formula is C31H43F. The van der Waals surface area contributed by atoms with E-state index in [1.165, 1.54) is 86.9 Å². The monoisotopic (exact) mass is 434 g/mol. The fourth-order valence-electron chi connectivity index (χ4n) is 6.25. The van der Waals surface area contributed by atoms with Gasteiger partial charge in [-0.1, -0.05) is 6.08 Å². The van der Waals surface area contributed by atoms with Gasteiger partial charge in [-0.3, -0.25) is 0 Å². The van der Waals surface area contributed by atoms with E-state index in [0.29, 0.717) is 18.2 Å². The van der Waals surface area contributed by atoms with Crippen molar-refractivity contribution >= 4 is 0 Å². The number of benzene rings is 2. The highest BCUT2D eigenvalue weighted by atomic mass is 19.1. The molecule has 1 aliphatic carbocycles. The van der Waals surface area contributed by atoms with Crippen LogP contribution in [0.1, 0.15) is 105 Å². The van der Waals surface area contributed by atoms with Gasteiger partial charge >= 0.3 is 0 Å². The molecule has 1 saturated carbocycles. The highest BCUT2D eigenvalue weighted by Gasteiger charge is 2.27. The van der Waals surface area contributed by atoms with Crippen LogP contribution in [0, 0.1) is 68.2 Å². The van der Waals surface area contributed by atoms with Gasteiger partial charge in [-0.25, -0.2) is 4.39 Å². The van der Waals surface area contributed by atoms with Crippen molar-refractivity contribution in [2.75, 3.05) is 0 Å². The molecule has 2 aromatic rings. The summed E-state index contributed by atoms with van der Waals surface area (Å²) in [5.74, 6) is 1.30. The van der Waals surface area contributed by atoms with Crippen LogP contribution in [0.25, 0.3) is 0 Å². The van der Waals surface area contributed by atoms with Gasteiger partial charge in [0.05, 0.1) is 6.33 Å². The van der Waals surface area contributed by atoms with Crippen molar-refractivity contribution in [2.45, 2.75) is 107 Å². The van der Waals surface area contributed by atoms with Gasteiger partial charge in [-0.15, -0.1) is 0 Å². The van der Waals surface area contributed by atoms with E-state index >= 15 is 0 Å². The molecule has 3 rings (SSSR count). The zero-order valence-corrected chi connectivity index (χ0v) is 21.9. The molecule has 174 valence electrons. The lowest BCUT2D eigenvalue weighted by molar-refractivity contribution is 0.326. The third kappa shape index (κ3) is 4.45. The number of rotatable bonds is 5. The molecular weight excluding hydrogens is 391 g/mol. The quantitative estimate of drug-likeness (QED) is 0.440. The first-order valence-electron chi connectivity index (χ1n) is 12.5. The van der Waals surface area contributed by atoms with Crippen molar-refractivity contribution < 1.29 is 4.39 Å². The van der Waals surface area contributed by atoms with Gasteiger partial charge < -0.3 is 0 Å². The predicted molar refractivity (Wildman–Crippen MR) is 138 cm³/mol. The molecule has 1 aliphatic rings. The third-order valence-electron chi connectivity index (χ3n) is 9.16. The molecule has 0 atom stereocenters. The van der Waals surface area contributed by atoms with Crippen LogP contribution in [0.2, 0.25) is 0 Å². The molecule has 0 radical (unpaired) electrons. The lowest BCUT2D eigenvalue weighted by Gasteiger charge is -2.32. The number of hydrogen-bond donors (Lipinski definition) is 0. The molecule has 0 spiro atoms. The summed E-state index contributed by atoms with van der Waals surface area (Å²) in [4.78, 5) is 0. The SMILES string of the molecule is Cc1c(C)c(C)c(Cc2c(C)c(C)c(C3CCC(C/C=C/F)CC3)c(C)c2C)c(C)c1C. The molecule has 0 amide bonds. The van der Waals surface area contributed by atoms with Crippen LogP contribution in [-0.2, 0) is 6.42 Å². The van der Waals surface area contributed by atoms with Crippen molar-refractivity contribution in [1.29, 1.82) is 0 Å². The van der Waals surface area contributed by atoms with Crippen LogP contribution >= 0.6 is 0 Å². The van der Waals surface area contributed by atoms with Crippen LogP contribution in [0.5, 0.6) is 0 Å². The van der Waals surface area contributed by atoms with E-state index in [-0.39, 0.29) is 0 Å². The van der Waals surface area contributed by atoms with E-state index < -0.39 is 0 Å². The van der Waals surface area contributed by atoms with Gasteiger partial charge in [0.1, 0.15) is 0 Å². The first-order chi connectivity index (χ1) is 15.1. The van der Waals surface area contributed by atoms with Gasteiger partial charge in [0, 0.05) is 0 Å². The zero-order chi connectivity index (χ0) is 23.7. The Morgan fingerprint density at radius 1 is 0.594 bits per heavy atom. The van der Waals surface area contributed by atoms with E-state index in [2.05, 4.69) is 62.3 Å². The van der Waals surface area contributed by atoms with E-state index in [9.17, 15) is 4.39 Å². The van der Waals surface area contributed by atoms with E-state index in [0.717, 1.165) is 12.8 Å². The zero-order valence-electron chi connectivity index (χ0n) is 21.9. The predicted octanol–water partition coefficient (Wildman–Crippen LogP) is 9.20. The average Bonchev–Trinajstić information content (AvgIpc) is 2.79. The number of halogens is 1. The van der Waals surface area contributed by atoms with E-state index in [1.54, 1.807) is 11.6 Å². The molecule has 32 heavy (non-hydrogen) atoms.